The van der Waals surface area contributed by atoms with Gasteiger partial charge in [0.05, 0.1) is 13.1 Å². The van der Waals surface area contributed by atoms with Gasteiger partial charge in [-0.1, -0.05) is 91.0 Å². The highest BCUT2D eigenvalue weighted by molar-refractivity contribution is 5.93. The van der Waals surface area contributed by atoms with E-state index >= 15 is 0 Å². The summed E-state index contributed by atoms with van der Waals surface area (Å²) in [6, 6.07) is 24.6. The van der Waals surface area contributed by atoms with Crippen molar-refractivity contribution in [3.8, 4) is 0 Å². The van der Waals surface area contributed by atoms with Gasteiger partial charge in [-0.15, -0.1) is 0 Å². The summed E-state index contributed by atoms with van der Waals surface area (Å²) >= 11 is 0. The monoisotopic (exact) mass is 734 g/mol. The quantitative estimate of drug-likeness (QED) is 0.0952. The Morgan fingerprint density at radius 3 is 1.64 bits per heavy atom. The maximum absolute atomic E-state index is 13.6. The van der Waals surface area contributed by atoms with Crippen LogP contribution in [0.5, 0.6) is 0 Å². The van der Waals surface area contributed by atoms with Crippen molar-refractivity contribution in [1.29, 1.82) is 0 Å². The Hall–Kier alpha value is -5.96. The van der Waals surface area contributed by atoms with Crippen LogP contribution in [0.3, 0.4) is 0 Å². The third-order valence-electron chi connectivity index (χ3n) is 7.37. The number of benzene rings is 3. The van der Waals surface area contributed by atoms with Gasteiger partial charge >= 0.3 is 12.2 Å². The highest BCUT2D eigenvalue weighted by Gasteiger charge is 2.28. The smallest absolute Gasteiger partial charge is 0.408 e. The first-order valence-electron chi connectivity index (χ1n) is 17.3. The van der Waals surface area contributed by atoms with Crippen molar-refractivity contribution in [3.05, 3.63) is 108 Å². The normalized spacial score (nSPS) is 11.9. The van der Waals surface area contributed by atoms with Crippen LogP contribution in [0, 0.1) is 0 Å². The van der Waals surface area contributed by atoms with Gasteiger partial charge < -0.3 is 51.7 Å². The summed E-state index contributed by atoms with van der Waals surface area (Å²) in [6.07, 6.45) is 0.136. The van der Waals surface area contributed by atoms with Crippen LogP contribution in [0.2, 0.25) is 0 Å². The summed E-state index contributed by atoms with van der Waals surface area (Å²) in [6.45, 7) is 3.75. The molecule has 0 aliphatic rings. The first-order valence-corrected chi connectivity index (χ1v) is 17.3. The van der Waals surface area contributed by atoms with E-state index in [4.69, 9.17) is 19.4 Å². The Bertz CT molecular complexity index is 1560. The lowest BCUT2D eigenvalue weighted by molar-refractivity contribution is -0.364. The van der Waals surface area contributed by atoms with Gasteiger partial charge in [0.1, 0.15) is 31.3 Å². The van der Waals surface area contributed by atoms with E-state index in [-0.39, 0.29) is 32.0 Å². The standard InChI is InChI=1S/C36H46N6O7.C2H4O2/c1-26(40-36(47)49-25-29-17-9-4-10-18-29)32(43)42-31(23-27-13-5-2-6-14-27)34(45)41-30(33(44)38-22-20-37)19-11-12-21-39-35(46)48-24-28-15-7-3-8-16-28;1-2(3)4/h2-10,13-18,26,30-31H,11-12,19-25,37H2,1H3,(H,38,44)(H,39,46)(H,40,47)(H,41,45)(H,42,43);1H3,(H,3,4)/t26-,30+,31+;/m1./s1. The van der Waals surface area contributed by atoms with Crippen LogP contribution in [0.15, 0.2) is 91.0 Å². The second-order valence-electron chi connectivity index (χ2n) is 11.9. The van der Waals surface area contributed by atoms with Crippen molar-refractivity contribution < 1.29 is 49.1 Å². The number of hydrogen-bond donors (Lipinski definition) is 6. The molecule has 0 spiro atoms. The van der Waals surface area contributed by atoms with Crippen molar-refractivity contribution in [2.45, 2.75) is 70.9 Å². The van der Waals surface area contributed by atoms with Crippen molar-refractivity contribution in [2.24, 2.45) is 0 Å². The summed E-state index contributed by atoms with van der Waals surface area (Å²) in [7, 11) is 0. The van der Waals surface area contributed by atoms with Crippen molar-refractivity contribution in [1.82, 2.24) is 26.6 Å². The number of carbonyl (C=O) groups excluding carboxylic acids is 6. The number of unbranched alkanes of at least 4 members (excludes halogenated alkanes) is 1. The van der Waals surface area contributed by atoms with E-state index in [1.165, 1.54) is 6.92 Å². The lowest BCUT2D eigenvalue weighted by Crippen LogP contribution is -2.58. The molecule has 0 aliphatic heterocycles. The highest BCUT2D eigenvalue weighted by atomic mass is 16.6. The van der Waals surface area contributed by atoms with Gasteiger partial charge in [-0.25, -0.2) is 9.59 Å². The number of carboxylic acids is 1. The number of alkyl carbamates (subject to hydrolysis) is 2. The molecule has 53 heavy (non-hydrogen) atoms. The number of carboxylic acid groups (broad SMARTS) is 1. The molecule has 0 aliphatic carbocycles. The minimum atomic E-state index is -1.08. The second kappa shape index (κ2) is 25.1. The molecule has 15 nitrogen and oxygen atoms in total. The number of aliphatic carboxylic acids is 1. The molecule has 0 aromatic heterocycles. The Balaban J connectivity index is 0.00000231. The zero-order chi connectivity index (χ0) is 38.8. The number of nitrogens with one attached hydrogen (secondary N) is 5. The van der Waals surface area contributed by atoms with Crippen LogP contribution >= 0.6 is 0 Å². The molecule has 0 bridgehead atoms. The number of rotatable bonds is 19. The van der Waals surface area contributed by atoms with Crippen molar-refractivity contribution in [2.75, 3.05) is 19.6 Å². The average Bonchev–Trinajstić information content (AvgIpc) is 3.15. The number of ether oxygens (including phenoxy) is 2. The summed E-state index contributed by atoms with van der Waals surface area (Å²) in [4.78, 5) is 73.1. The van der Waals surface area contributed by atoms with E-state index in [0.29, 0.717) is 32.5 Å². The summed E-state index contributed by atoms with van der Waals surface area (Å²) in [5.74, 6) is -2.63. The molecule has 3 atom stereocenters. The molecular formula is C38H50N6O9. The fraction of sp³-hybridized carbons (Fsp3) is 0.368. The molecule has 3 aromatic carbocycles. The SMILES string of the molecule is CC(=O)[O-].C[C@@H](NC(=O)OCc1ccccc1)C(=O)N[C@@H](Cc1ccccc1)C(=O)N[C@@H](CCCCNC(=O)OCc1ccccc1)C(=O)NCC[NH3+]. The Kier molecular flexibility index (Phi) is 20.4. The van der Waals surface area contributed by atoms with E-state index in [0.717, 1.165) is 23.6 Å². The molecule has 0 saturated heterocycles. The predicted molar refractivity (Wildman–Crippen MR) is 193 cm³/mol. The van der Waals surface area contributed by atoms with Gasteiger partial charge in [-0.2, -0.15) is 0 Å². The van der Waals surface area contributed by atoms with E-state index in [1.54, 1.807) is 0 Å². The zero-order valence-corrected chi connectivity index (χ0v) is 30.1. The predicted octanol–water partition coefficient (Wildman–Crippen LogP) is 0.725. The number of quaternary nitrogens is 1. The fourth-order valence-electron chi connectivity index (χ4n) is 4.68. The fourth-order valence-corrected chi connectivity index (χ4v) is 4.68. The maximum atomic E-state index is 13.6. The summed E-state index contributed by atoms with van der Waals surface area (Å²) in [5, 5.41) is 22.4. The minimum absolute atomic E-state index is 0.0337. The summed E-state index contributed by atoms with van der Waals surface area (Å²) < 4.78 is 10.4. The first-order chi connectivity index (χ1) is 25.5. The van der Waals surface area contributed by atoms with Gasteiger partial charge in [0.25, 0.3) is 0 Å². The molecule has 3 aromatic rings. The molecule has 0 unspecified atom stereocenters. The van der Waals surface area contributed by atoms with E-state index in [2.05, 4.69) is 32.3 Å². The molecule has 8 N–H and O–H groups in total. The average molecular weight is 735 g/mol. The highest BCUT2D eigenvalue weighted by Crippen LogP contribution is 2.08. The minimum Gasteiger partial charge on any atom is -0.550 e. The van der Waals surface area contributed by atoms with Crippen LogP contribution in [0.4, 0.5) is 9.59 Å². The molecule has 3 rings (SSSR count). The second-order valence-corrected chi connectivity index (χ2v) is 11.9. The number of amides is 5. The van der Waals surface area contributed by atoms with Crippen LogP contribution in [-0.4, -0.2) is 73.6 Å². The Morgan fingerprint density at radius 2 is 1.11 bits per heavy atom. The van der Waals surface area contributed by atoms with Gasteiger partial charge in [-0.3, -0.25) is 14.4 Å². The first kappa shape index (κ1) is 43.2. The van der Waals surface area contributed by atoms with Gasteiger partial charge in [0, 0.05) is 18.9 Å². The lowest BCUT2D eigenvalue weighted by Gasteiger charge is -2.24. The largest absolute Gasteiger partial charge is 0.550 e. The van der Waals surface area contributed by atoms with Crippen molar-refractivity contribution in [3.63, 3.8) is 0 Å². The molecule has 0 radical (unpaired) electrons. The maximum Gasteiger partial charge on any atom is 0.408 e. The summed E-state index contributed by atoms with van der Waals surface area (Å²) in [5.41, 5.74) is 6.20. The van der Waals surface area contributed by atoms with Crippen LogP contribution in [0.25, 0.3) is 0 Å². The molecule has 286 valence electrons. The van der Waals surface area contributed by atoms with Crippen molar-refractivity contribution >= 4 is 35.9 Å². The topological polar surface area (TPSA) is 232 Å². The number of carbonyl (C=O) groups is 6. The number of hydrogen-bond acceptors (Lipinski definition) is 9. The van der Waals surface area contributed by atoms with Gasteiger partial charge in [0.15, 0.2) is 0 Å². The molecule has 0 saturated carbocycles. The van der Waals surface area contributed by atoms with Crippen LogP contribution in [-0.2, 0) is 48.3 Å². The van der Waals surface area contributed by atoms with E-state index in [1.807, 2.05) is 91.0 Å². The van der Waals surface area contributed by atoms with E-state index < -0.39 is 48.1 Å². The molecule has 0 fully saturated rings. The van der Waals surface area contributed by atoms with Gasteiger partial charge in [-0.05, 0) is 49.8 Å². The van der Waals surface area contributed by atoms with Gasteiger partial charge in [0.2, 0.25) is 17.7 Å². The molecular weight excluding hydrogens is 684 g/mol. The van der Waals surface area contributed by atoms with Crippen LogP contribution < -0.4 is 37.4 Å². The zero-order valence-electron chi connectivity index (χ0n) is 30.1. The lowest BCUT2D eigenvalue weighted by atomic mass is 10.0. The van der Waals surface area contributed by atoms with Crippen LogP contribution in [0.1, 0.15) is 49.8 Å². The molecule has 0 heterocycles. The Morgan fingerprint density at radius 1 is 0.623 bits per heavy atom. The third kappa shape index (κ3) is 19.3. The Labute approximate surface area is 309 Å². The molecule has 5 amide bonds. The third-order valence-corrected chi connectivity index (χ3v) is 7.37. The van der Waals surface area contributed by atoms with E-state index in [9.17, 15) is 24.0 Å². The molecule has 15 heteroatoms.